The Balaban J connectivity index is 3.08. The first-order chi connectivity index (χ1) is 11.7. The first kappa shape index (κ1) is 20.8. The lowest BCUT2D eigenvalue weighted by molar-refractivity contribution is -0.136. The number of ether oxygens (including phenoxy) is 4. The number of carbonyl (C=O) groups excluding carboxylic acids is 2. The van der Waals surface area contributed by atoms with Gasteiger partial charge in [0.15, 0.2) is 0 Å². The van der Waals surface area contributed by atoms with Crippen LogP contribution in [0.2, 0.25) is 0 Å². The number of hydrogen-bond acceptors (Lipinski definition) is 7. The molecule has 0 aromatic carbocycles. The van der Waals surface area contributed by atoms with Gasteiger partial charge < -0.3 is 24.3 Å². The fourth-order valence-corrected chi connectivity index (χ4v) is 2.32. The van der Waals surface area contributed by atoms with Crippen molar-refractivity contribution < 1.29 is 28.5 Å². The van der Waals surface area contributed by atoms with Crippen LogP contribution in [0, 0.1) is 0 Å². The lowest BCUT2D eigenvalue weighted by atomic mass is 9.88. The summed E-state index contributed by atoms with van der Waals surface area (Å²) in [5, 5.41) is 6.32. The van der Waals surface area contributed by atoms with E-state index in [2.05, 4.69) is 15.3 Å². The van der Waals surface area contributed by atoms with Crippen LogP contribution in [0.15, 0.2) is 16.8 Å². The largest absolute Gasteiger partial charge is 0.466 e. The highest BCUT2D eigenvalue weighted by Gasteiger charge is 2.37. The van der Waals surface area contributed by atoms with Crippen LogP contribution in [0.4, 0.5) is 4.79 Å². The van der Waals surface area contributed by atoms with Crippen LogP contribution in [-0.4, -0.2) is 56.9 Å². The van der Waals surface area contributed by atoms with E-state index >= 15 is 0 Å². The zero-order chi connectivity index (χ0) is 19.0. The van der Waals surface area contributed by atoms with Crippen molar-refractivity contribution in [2.24, 2.45) is 5.11 Å². The number of esters is 1. The summed E-state index contributed by atoms with van der Waals surface area (Å²) in [5.74, 6) is -0.556. The first-order valence-electron chi connectivity index (χ1n) is 7.65. The molecule has 10 heteroatoms. The van der Waals surface area contributed by atoms with Gasteiger partial charge in [-0.05, 0) is 38.8 Å². The Morgan fingerprint density at radius 2 is 2.08 bits per heavy atom. The third kappa shape index (κ3) is 6.61. The molecule has 0 radical (unpaired) electrons. The van der Waals surface area contributed by atoms with Crippen molar-refractivity contribution in [1.29, 1.82) is 0 Å². The number of azide groups is 1. The summed E-state index contributed by atoms with van der Waals surface area (Å²) in [4.78, 5) is 26.7. The van der Waals surface area contributed by atoms with E-state index in [9.17, 15) is 9.59 Å². The van der Waals surface area contributed by atoms with Gasteiger partial charge in [-0.2, -0.15) is 0 Å². The van der Waals surface area contributed by atoms with Crippen LogP contribution in [0.5, 0.6) is 0 Å². The van der Waals surface area contributed by atoms with Crippen LogP contribution in [0.1, 0.15) is 27.2 Å². The minimum atomic E-state index is -0.759. The van der Waals surface area contributed by atoms with E-state index in [0.29, 0.717) is 5.57 Å². The Morgan fingerprint density at radius 3 is 2.60 bits per heavy atom. The molecule has 25 heavy (non-hydrogen) atoms. The van der Waals surface area contributed by atoms with Gasteiger partial charge in [0.05, 0.1) is 25.3 Å². The number of carbonyl (C=O) groups is 2. The molecular formula is C15H24N4O6. The molecule has 1 rings (SSSR count). The molecule has 0 heterocycles. The third-order valence-corrected chi connectivity index (χ3v) is 3.27. The Hall–Kier alpha value is -2.29. The molecule has 0 aliphatic heterocycles. The van der Waals surface area contributed by atoms with Crippen molar-refractivity contribution >= 4 is 12.1 Å². The molecule has 3 atom stereocenters. The van der Waals surface area contributed by atoms with E-state index in [0.717, 1.165) is 0 Å². The second-order valence-electron chi connectivity index (χ2n) is 6.37. The number of nitrogens with one attached hydrogen (secondary N) is 1. The predicted molar refractivity (Wildman–Crippen MR) is 87.6 cm³/mol. The highest BCUT2D eigenvalue weighted by atomic mass is 16.7. The second-order valence-corrected chi connectivity index (χ2v) is 6.37. The van der Waals surface area contributed by atoms with Crippen LogP contribution in [0.25, 0.3) is 10.4 Å². The number of hydrogen-bond donors (Lipinski definition) is 1. The molecule has 0 aromatic heterocycles. The molecule has 10 nitrogen and oxygen atoms in total. The molecule has 1 unspecified atom stereocenters. The Labute approximate surface area is 146 Å². The van der Waals surface area contributed by atoms with E-state index in [4.69, 9.17) is 24.5 Å². The second kappa shape index (κ2) is 9.26. The summed E-state index contributed by atoms with van der Waals surface area (Å²) in [6, 6.07) is -1.48. The Kier molecular flexibility index (Phi) is 7.69. The van der Waals surface area contributed by atoms with Gasteiger partial charge in [0.2, 0.25) is 0 Å². The number of alkyl carbamates (subject to hydrolysis) is 1. The minimum Gasteiger partial charge on any atom is -0.466 e. The van der Waals surface area contributed by atoms with Gasteiger partial charge in [-0.1, -0.05) is 5.11 Å². The standard InChI is InChI=1S/C15H24N4O6/c1-15(2,3)25-14(21)17-12-10(18-19-16)6-9(13(20)23-5)7-11(12)24-8-22-4/h7,10-12H,6,8H2,1-5H3,(H,17,21)/t10-,11+,12?/m0/s1. The van der Waals surface area contributed by atoms with Gasteiger partial charge in [0.25, 0.3) is 0 Å². The van der Waals surface area contributed by atoms with Crippen molar-refractivity contribution in [2.75, 3.05) is 21.0 Å². The molecule has 1 aliphatic carbocycles. The van der Waals surface area contributed by atoms with Gasteiger partial charge in [-0.3, -0.25) is 0 Å². The maximum absolute atomic E-state index is 12.1. The van der Waals surface area contributed by atoms with Crippen molar-refractivity contribution in [3.63, 3.8) is 0 Å². The Bertz CT molecular complexity index is 565. The van der Waals surface area contributed by atoms with Gasteiger partial charge in [-0.25, -0.2) is 9.59 Å². The maximum atomic E-state index is 12.1. The summed E-state index contributed by atoms with van der Waals surface area (Å²) in [7, 11) is 2.69. The quantitative estimate of drug-likeness (QED) is 0.255. The zero-order valence-electron chi connectivity index (χ0n) is 15.0. The van der Waals surface area contributed by atoms with E-state index in [1.807, 2.05) is 0 Å². The molecule has 0 saturated heterocycles. The lowest BCUT2D eigenvalue weighted by Crippen LogP contribution is -2.54. The zero-order valence-corrected chi connectivity index (χ0v) is 15.0. The minimum absolute atomic E-state index is 0.0783. The SMILES string of the molecule is COCO[C@@H]1C=C(C(=O)OC)C[C@H](N=[N+]=[N-])C1NC(=O)OC(C)(C)C. The summed E-state index contributed by atoms with van der Waals surface area (Å²) >= 11 is 0. The van der Waals surface area contributed by atoms with Gasteiger partial charge in [-0.15, -0.1) is 0 Å². The van der Waals surface area contributed by atoms with E-state index in [-0.39, 0.29) is 13.2 Å². The third-order valence-electron chi connectivity index (χ3n) is 3.27. The topological polar surface area (TPSA) is 132 Å². The number of methoxy groups -OCH3 is 2. The monoisotopic (exact) mass is 356 g/mol. The predicted octanol–water partition coefficient (Wildman–Crippen LogP) is 2.05. The fourth-order valence-electron chi connectivity index (χ4n) is 2.32. The number of nitrogens with zero attached hydrogens (tertiary/aromatic N) is 3. The van der Waals surface area contributed by atoms with Crippen molar-refractivity contribution in [3.8, 4) is 0 Å². The molecule has 1 aliphatic rings. The van der Waals surface area contributed by atoms with E-state index in [1.54, 1.807) is 20.8 Å². The summed E-state index contributed by atoms with van der Waals surface area (Å²) in [6.07, 6.45) is 0.183. The summed E-state index contributed by atoms with van der Waals surface area (Å²) in [6.45, 7) is 5.11. The number of rotatable bonds is 6. The summed E-state index contributed by atoms with van der Waals surface area (Å²) < 4.78 is 20.3. The van der Waals surface area contributed by atoms with Crippen molar-refractivity contribution in [1.82, 2.24) is 5.32 Å². The average molecular weight is 356 g/mol. The highest BCUT2D eigenvalue weighted by molar-refractivity contribution is 5.89. The van der Waals surface area contributed by atoms with Crippen molar-refractivity contribution in [3.05, 3.63) is 22.1 Å². The van der Waals surface area contributed by atoms with Crippen LogP contribution < -0.4 is 5.32 Å². The highest BCUT2D eigenvalue weighted by Crippen LogP contribution is 2.25. The Morgan fingerprint density at radius 1 is 1.40 bits per heavy atom. The molecule has 0 fully saturated rings. The van der Waals surface area contributed by atoms with Gasteiger partial charge in [0.1, 0.15) is 12.4 Å². The summed E-state index contributed by atoms with van der Waals surface area (Å²) in [5.41, 5.74) is 8.42. The number of amides is 1. The average Bonchev–Trinajstić information content (AvgIpc) is 2.52. The van der Waals surface area contributed by atoms with Crippen LogP contribution >= 0.6 is 0 Å². The fraction of sp³-hybridized carbons (Fsp3) is 0.733. The molecule has 1 N–H and O–H groups in total. The maximum Gasteiger partial charge on any atom is 0.407 e. The van der Waals surface area contributed by atoms with E-state index < -0.39 is 35.9 Å². The molecule has 0 spiro atoms. The molecule has 140 valence electrons. The molecule has 0 saturated carbocycles. The molecule has 1 amide bonds. The molecule has 0 bridgehead atoms. The molecule has 0 aromatic rings. The molecular weight excluding hydrogens is 332 g/mol. The van der Waals surface area contributed by atoms with Crippen LogP contribution in [0.3, 0.4) is 0 Å². The van der Waals surface area contributed by atoms with Gasteiger partial charge >= 0.3 is 12.1 Å². The lowest BCUT2D eigenvalue weighted by Gasteiger charge is -2.35. The van der Waals surface area contributed by atoms with Crippen LogP contribution in [-0.2, 0) is 23.7 Å². The van der Waals surface area contributed by atoms with Gasteiger partial charge in [0, 0.05) is 17.6 Å². The smallest absolute Gasteiger partial charge is 0.407 e. The van der Waals surface area contributed by atoms with Crippen molar-refractivity contribution in [2.45, 2.75) is 51.0 Å². The normalized spacial score (nSPS) is 23.1. The van der Waals surface area contributed by atoms with E-state index in [1.165, 1.54) is 20.3 Å². The first-order valence-corrected chi connectivity index (χ1v) is 7.65.